The molecule has 0 spiro atoms. The molecule has 3 rings (SSSR count). The lowest BCUT2D eigenvalue weighted by Crippen LogP contribution is -2.67. The van der Waals surface area contributed by atoms with E-state index in [4.69, 9.17) is 34.0 Å². The fourth-order valence-corrected chi connectivity index (χ4v) is 4.15. The van der Waals surface area contributed by atoms with Crippen LogP contribution in [0, 0.1) is 11.2 Å². The number of nitrogens with zero attached hydrogens (tertiary/aromatic N) is 1. The number of ether oxygens (including phenoxy) is 1. The Morgan fingerprint density at radius 3 is 2.64 bits per heavy atom. The molecule has 5 N–H and O–H groups in total. The van der Waals surface area contributed by atoms with Gasteiger partial charge in [-0.15, -0.1) is 0 Å². The maximum atomic E-state index is 14.8. The molecule has 0 amide bonds. The lowest BCUT2D eigenvalue weighted by molar-refractivity contribution is -0.212. The van der Waals surface area contributed by atoms with Crippen molar-refractivity contribution < 1.29 is 20.0 Å². The topological polar surface area (TPSA) is 84.2 Å². The quantitative estimate of drug-likeness (QED) is 0.365. The number of rotatable bonds is 6. The summed E-state index contributed by atoms with van der Waals surface area (Å²) in [5.74, 6) is -0.305. The van der Waals surface area contributed by atoms with Gasteiger partial charge < -0.3 is 21.0 Å². The number of allylic oxidation sites excluding steroid dienone is 1. The first-order valence-corrected chi connectivity index (χ1v) is 10.4. The van der Waals surface area contributed by atoms with Gasteiger partial charge in [-0.1, -0.05) is 17.7 Å². The molecule has 0 saturated heterocycles. The van der Waals surface area contributed by atoms with Crippen LogP contribution in [-0.2, 0) is 0 Å². The highest BCUT2D eigenvalue weighted by atomic mass is 35.5. The number of halogens is 2. The molecule has 0 aromatic heterocycles. The van der Waals surface area contributed by atoms with Crippen LogP contribution in [0.3, 0.4) is 0 Å². The van der Waals surface area contributed by atoms with Crippen molar-refractivity contribution in [2.45, 2.75) is 63.7 Å². The Morgan fingerprint density at radius 2 is 2.04 bits per heavy atom. The van der Waals surface area contributed by atoms with Crippen LogP contribution in [0.5, 0.6) is 5.75 Å². The molecule has 1 fully saturated rings. The smallest absolute Gasteiger partial charge is 0.274 e. The number of hydrogen-bond donors (Lipinski definition) is 3. The van der Waals surface area contributed by atoms with E-state index in [2.05, 4.69) is 5.73 Å². The van der Waals surface area contributed by atoms with E-state index < -0.39 is 12.0 Å². The number of benzene rings is 1. The SMILES string of the molecule is N=C(C1=CCCCC1)C(O)N(C([NH3+])=S)c1cc(OC2CCCC2)c(Cl)cc1F. The minimum atomic E-state index is -1.43. The predicted molar refractivity (Wildman–Crippen MR) is 113 cm³/mol. The molecule has 1 saturated carbocycles. The fraction of sp³-hybridized carbons (Fsp3) is 0.500. The number of aliphatic hydroxyl groups excluding tert-OH is 1. The van der Waals surface area contributed by atoms with Gasteiger partial charge in [0.25, 0.3) is 5.11 Å². The molecule has 2 aliphatic rings. The Kier molecular flexibility index (Phi) is 7.04. The van der Waals surface area contributed by atoms with Gasteiger partial charge in [-0.3, -0.25) is 4.90 Å². The number of anilines is 1. The number of thiocarbonyl (C=S) groups is 1. The zero-order valence-electron chi connectivity index (χ0n) is 15.7. The van der Waals surface area contributed by atoms with Crippen LogP contribution < -0.4 is 15.4 Å². The Morgan fingerprint density at radius 1 is 1.32 bits per heavy atom. The van der Waals surface area contributed by atoms with Gasteiger partial charge in [0, 0.05) is 18.3 Å². The molecule has 0 radical (unpaired) electrons. The zero-order chi connectivity index (χ0) is 20.3. The van der Waals surface area contributed by atoms with Gasteiger partial charge in [-0.25, -0.2) is 4.39 Å². The van der Waals surface area contributed by atoms with Crippen molar-refractivity contribution in [1.29, 1.82) is 5.41 Å². The molecule has 0 aliphatic heterocycles. The van der Waals surface area contributed by atoms with Crippen molar-refractivity contribution in [3.8, 4) is 5.75 Å². The summed E-state index contributed by atoms with van der Waals surface area (Å²) in [6, 6.07) is 2.60. The highest BCUT2D eigenvalue weighted by Gasteiger charge is 2.31. The Bertz CT molecular complexity index is 796. The molecule has 8 heteroatoms. The Labute approximate surface area is 174 Å². The fourth-order valence-electron chi connectivity index (χ4n) is 3.76. The number of nitrogens with one attached hydrogen (secondary N) is 1. The summed E-state index contributed by atoms with van der Waals surface area (Å²) in [5.41, 5.74) is 4.48. The van der Waals surface area contributed by atoms with Crippen LogP contribution >= 0.6 is 23.8 Å². The molecular weight excluding hydrogens is 401 g/mol. The number of hydrogen-bond acceptors (Lipinski definition) is 4. The Balaban J connectivity index is 1.91. The van der Waals surface area contributed by atoms with E-state index >= 15 is 0 Å². The maximum absolute atomic E-state index is 14.8. The minimum absolute atomic E-state index is 0.00561. The third-order valence-corrected chi connectivity index (χ3v) is 5.76. The first-order chi connectivity index (χ1) is 13.4. The summed E-state index contributed by atoms with van der Waals surface area (Å²) in [4.78, 5) is 1.15. The van der Waals surface area contributed by atoms with Crippen LogP contribution in [-0.4, -0.2) is 28.3 Å². The van der Waals surface area contributed by atoms with Gasteiger partial charge in [-0.2, -0.15) is 0 Å². The van der Waals surface area contributed by atoms with Crippen molar-refractivity contribution in [2.24, 2.45) is 0 Å². The zero-order valence-corrected chi connectivity index (χ0v) is 17.3. The van der Waals surface area contributed by atoms with E-state index in [0.29, 0.717) is 12.2 Å². The first-order valence-electron chi connectivity index (χ1n) is 9.65. The lowest BCUT2D eigenvalue weighted by Gasteiger charge is -2.29. The van der Waals surface area contributed by atoms with Crippen molar-refractivity contribution in [3.63, 3.8) is 0 Å². The molecule has 152 valence electrons. The second-order valence-corrected chi connectivity index (χ2v) is 8.16. The highest BCUT2D eigenvalue weighted by Crippen LogP contribution is 2.36. The van der Waals surface area contributed by atoms with Crippen molar-refractivity contribution >= 4 is 40.3 Å². The van der Waals surface area contributed by atoms with E-state index in [1.807, 2.05) is 6.08 Å². The van der Waals surface area contributed by atoms with Crippen molar-refractivity contribution in [1.82, 2.24) is 0 Å². The lowest BCUT2D eigenvalue weighted by atomic mass is 9.95. The molecule has 0 heterocycles. The standard InChI is InChI=1S/C20H25ClFN3O2S/c21-14-10-15(22)16(11-17(14)27-13-8-4-5-9-13)25(20(24)28)19(26)18(23)12-6-2-1-3-7-12/h6,10-11,13,19,23,26H,1-5,7-9H2,(H2,24,28)/p+1. The van der Waals surface area contributed by atoms with Gasteiger partial charge in [-0.05, 0) is 63.0 Å². The van der Waals surface area contributed by atoms with Crippen LogP contribution in [0.4, 0.5) is 10.1 Å². The van der Waals surface area contributed by atoms with Crippen molar-refractivity contribution in [3.05, 3.63) is 34.6 Å². The molecule has 0 bridgehead atoms. The van der Waals surface area contributed by atoms with Crippen LogP contribution in [0.15, 0.2) is 23.8 Å². The Hall–Kier alpha value is -1.54. The molecule has 1 aromatic rings. The van der Waals surface area contributed by atoms with Crippen molar-refractivity contribution in [2.75, 3.05) is 4.90 Å². The van der Waals surface area contributed by atoms with E-state index in [9.17, 15) is 9.50 Å². The second-order valence-electron chi connectivity index (χ2n) is 7.28. The summed E-state index contributed by atoms with van der Waals surface area (Å²) in [5, 5.41) is 19.4. The van der Waals surface area contributed by atoms with Gasteiger partial charge in [0.05, 0.1) is 22.5 Å². The number of aliphatic hydroxyl groups is 1. The van der Waals surface area contributed by atoms with Crippen LogP contribution in [0.1, 0.15) is 51.4 Å². The van der Waals surface area contributed by atoms with Gasteiger partial charge >= 0.3 is 0 Å². The largest absolute Gasteiger partial charge is 0.489 e. The predicted octanol–water partition coefficient (Wildman–Crippen LogP) is 3.97. The van der Waals surface area contributed by atoms with Gasteiger partial charge in [0.15, 0.2) is 6.23 Å². The third-order valence-electron chi connectivity index (χ3n) is 5.27. The normalized spacial score (nSPS) is 18.5. The van der Waals surface area contributed by atoms with E-state index in [-0.39, 0.29) is 27.6 Å². The number of quaternary nitrogens is 1. The third kappa shape index (κ3) is 4.71. The second kappa shape index (κ2) is 9.31. The highest BCUT2D eigenvalue weighted by molar-refractivity contribution is 7.80. The first kappa shape index (κ1) is 21.2. The molecule has 1 aromatic carbocycles. The summed E-state index contributed by atoms with van der Waals surface area (Å²) in [7, 11) is 0. The van der Waals surface area contributed by atoms with Gasteiger partial charge in [0.2, 0.25) is 0 Å². The molecular formula is C20H26ClFN3O2S+. The molecule has 1 unspecified atom stereocenters. The van der Waals surface area contributed by atoms with Crippen LogP contribution in [0.2, 0.25) is 5.02 Å². The van der Waals surface area contributed by atoms with E-state index in [1.54, 1.807) is 0 Å². The molecule has 28 heavy (non-hydrogen) atoms. The molecule has 1 atom stereocenters. The van der Waals surface area contributed by atoms with E-state index in [0.717, 1.165) is 61.5 Å². The molecule has 2 aliphatic carbocycles. The average molecular weight is 427 g/mol. The summed E-state index contributed by atoms with van der Waals surface area (Å²) in [6.07, 6.45) is 8.24. The van der Waals surface area contributed by atoms with Crippen LogP contribution in [0.25, 0.3) is 0 Å². The molecule has 5 nitrogen and oxygen atoms in total. The minimum Gasteiger partial charge on any atom is -0.489 e. The summed E-state index contributed by atoms with van der Waals surface area (Å²) >= 11 is 11.4. The summed E-state index contributed by atoms with van der Waals surface area (Å²) < 4.78 is 20.7. The monoisotopic (exact) mass is 426 g/mol. The maximum Gasteiger partial charge on any atom is 0.274 e. The summed E-state index contributed by atoms with van der Waals surface area (Å²) in [6.45, 7) is 0. The average Bonchev–Trinajstić information content (AvgIpc) is 3.18. The van der Waals surface area contributed by atoms with E-state index in [1.165, 1.54) is 6.07 Å². The van der Waals surface area contributed by atoms with Gasteiger partial charge in [0.1, 0.15) is 11.6 Å².